The van der Waals surface area contributed by atoms with Gasteiger partial charge in [0.1, 0.15) is 11.9 Å². The summed E-state index contributed by atoms with van der Waals surface area (Å²) in [5.41, 5.74) is 0.968. The number of carbonyl (C=O) groups excluding carboxylic acids is 2. The Labute approximate surface area is 178 Å². The Morgan fingerprint density at radius 2 is 1.87 bits per heavy atom. The highest BCUT2D eigenvalue weighted by Crippen LogP contribution is 2.32. The molecule has 1 heterocycles. The Morgan fingerprint density at radius 3 is 2.47 bits per heavy atom. The van der Waals surface area contributed by atoms with E-state index in [4.69, 9.17) is 0 Å². The van der Waals surface area contributed by atoms with Crippen LogP contribution < -0.4 is 10.2 Å². The van der Waals surface area contributed by atoms with Gasteiger partial charge in [-0.15, -0.1) is 5.10 Å². The molecule has 1 unspecified atom stereocenters. The van der Waals surface area contributed by atoms with Crippen molar-refractivity contribution in [3.63, 3.8) is 0 Å². The van der Waals surface area contributed by atoms with Crippen LogP contribution >= 0.6 is 11.5 Å². The summed E-state index contributed by atoms with van der Waals surface area (Å²) >= 11 is 1.01. The second-order valence-electron chi connectivity index (χ2n) is 7.97. The first kappa shape index (κ1) is 21.6. The summed E-state index contributed by atoms with van der Waals surface area (Å²) in [6.07, 6.45) is 0. The van der Waals surface area contributed by atoms with Crippen molar-refractivity contribution in [1.82, 2.24) is 14.9 Å². The molecule has 0 aliphatic heterocycles. The molecule has 1 aromatic heterocycles. The number of amides is 2. The maximum atomic E-state index is 14.8. The predicted molar refractivity (Wildman–Crippen MR) is 115 cm³/mol. The van der Waals surface area contributed by atoms with E-state index in [1.54, 1.807) is 18.2 Å². The second-order valence-corrected chi connectivity index (χ2v) is 8.58. The van der Waals surface area contributed by atoms with Crippen LogP contribution in [0.4, 0.5) is 10.1 Å². The van der Waals surface area contributed by atoms with Crippen molar-refractivity contribution >= 4 is 29.0 Å². The molecular formula is C22H23FN4O2S. The number of hydrogen-bond donors (Lipinski definition) is 1. The van der Waals surface area contributed by atoms with E-state index in [2.05, 4.69) is 14.9 Å². The Kier molecular flexibility index (Phi) is 6.26. The third-order valence-corrected chi connectivity index (χ3v) is 4.78. The zero-order valence-electron chi connectivity index (χ0n) is 17.2. The van der Waals surface area contributed by atoms with E-state index in [0.29, 0.717) is 5.56 Å². The Hall–Kier alpha value is -3.13. The standard InChI is InChI=1S/C22H23FN4O2S/c1-14-8-7-9-15(12-14)19(20(28)24-22(2,3)4)27(18-11-6-5-10-16(18)23)21(29)17-13-30-26-25-17/h5-13,19H,1-4H3,(H,24,28). The zero-order valence-corrected chi connectivity index (χ0v) is 18.0. The van der Waals surface area contributed by atoms with Crippen LogP contribution in [0, 0.1) is 12.7 Å². The molecule has 0 bridgehead atoms. The maximum Gasteiger partial charge on any atom is 0.280 e. The predicted octanol–water partition coefficient (Wildman–Crippen LogP) is 4.29. The number of aryl methyl sites for hydroxylation is 1. The molecule has 0 aliphatic rings. The van der Waals surface area contributed by atoms with Crippen LogP contribution in [-0.2, 0) is 4.79 Å². The van der Waals surface area contributed by atoms with E-state index < -0.39 is 29.2 Å². The number of hydrogen-bond acceptors (Lipinski definition) is 5. The average Bonchev–Trinajstić information content (AvgIpc) is 3.19. The molecule has 0 radical (unpaired) electrons. The number of rotatable bonds is 5. The number of aromatic nitrogens is 2. The molecule has 1 atom stereocenters. The summed E-state index contributed by atoms with van der Waals surface area (Å²) in [5, 5.41) is 8.24. The lowest BCUT2D eigenvalue weighted by molar-refractivity contribution is -0.123. The molecule has 0 saturated heterocycles. The first-order valence-corrected chi connectivity index (χ1v) is 10.2. The van der Waals surface area contributed by atoms with E-state index in [1.165, 1.54) is 23.6 Å². The molecule has 3 aromatic rings. The van der Waals surface area contributed by atoms with Gasteiger partial charge in [-0.25, -0.2) is 4.39 Å². The van der Waals surface area contributed by atoms with Crippen LogP contribution in [0.5, 0.6) is 0 Å². The Bertz CT molecular complexity index is 1050. The van der Waals surface area contributed by atoms with Gasteiger partial charge in [0.25, 0.3) is 5.91 Å². The van der Waals surface area contributed by atoms with Gasteiger partial charge in [-0.2, -0.15) is 0 Å². The molecule has 2 amide bonds. The van der Waals surface area contributed by atoms with E-state index >= 15 is 0 Å². The first-order chi connectivity index (χ1) is 14.2. The van der Waals surface area contributed by atoms with Crippen molar-refractivity contribution < 1.29 is 14.0 Å². The van der Waals surface area contributed by atoms with E-state index in [1.807, 2.05) is 39.8 Å². The summed E-state index contributed by atoms with van der Waals surface area (Å²) in [5.74, 6) is -1.65. The van der Waals surface area contributed by atoms with Crippen molar-refractivity contribution in [2.75, 3.05) is 4.90 Å². The maximum absolute atomic E-state index is 14.8. The number of benzene rings is 2. The summed E-state index contributed by atoms with van der Waals surface area (Å²) in [6, 6.07) is 12.0. The van der Waals surface area contributed by atoms with E-state index in [9.17, 15) is 14.0 Å². The van der Waals surface area contributed by atoms with Gasteiger partial charge in [-0.05, 0) is 56.9 Å². The lowest BCUT2D eigenvalue weighted by Gasteiger charge is -2.33. The molecule has 2 aromatic carbocycles. The van der Waals surface area contributed by atoms with E-state index in [0.717, 1.165) is 22.0 Å². The second kappa shape index (κ2) is 8.71. The molecular weight excluding hydrogens is 403 g/mol. The quantitative estimate of drug-likeness (QED) is 0.660. The van der Waals surface area contributed by atoms with Crippen molar-refractivity contribution in [1.29, 1.82) is 0 Å². The minimum Gasteiger partial charge on any atom is -0.349 e. The van der Waals surface area contributed by atoms with Gasteiger partial charge in [-0.1, -0.05) is 46.4 Å². The molecule has 6 nitrogen and oxygen atoms in total. The van der Waals surface area contributed by atoms with Gasteiger partial charge in [0.05, 0.1) is 5.69 Å². The molecule has 30 heavy (non-hydrogen) atoms. The zero-order chi connectivity index (χ0) is 21.9. The van der Waals surface area contributed by atoms with Crippen LogP contribution in [0.15, 0.2) is 53.9 Å². The number of halogens is 1. The van der Waals surface area contributed by atoms with Crippen LogP contribution in [0.25, 0.3) is 0 Å². The molecule has 0 aliphatic carbocycles. The fourth-order valence-electron chi connectivity index (χ4n) is 3.09. The van der Waals surface area contributed by atoms with Crippen molar-refractivity contribution in [3.8, 4) is 0 Å². The van der Waals surface area contributed by atoms with Crippen LogP contribution in [0.2, 0.25) is 0 Å². The van der Waals surface area contributed by atoms with E-state index in [-0.39, 0.29) is 11.4 Å². The average molecular weight is 427 g/mol. The van der Waals surface area contributed by atoms with Crippen LogP contribution in [0.1, 0.15) is 48.4 Å². The lowest BCUT2D eigenvalue weighted by Crippen LogP contribution is -2.49. The van der Waals surface area contributed by atoms with Crippen LogP contribution in [-0.4, -0.2) is 26.9 Å². The fourth-order valence-corrected chi connectivity index (χ4v) is 3.52. The molecule has 1 N–H and O–H groups in total. The highest BCUT2D eigenvalue weighted by atomic mass is 32.1. The summed E-state index contributed by atoms with van der Waals surface area (Å²) in [4.78, 5) is 28.0. The molecule has 0 fully saturated rings. The summed E-state index contributed by atoms with van der Waals surface area (Å²) in [6.45, 7) is 7.43. The minimum atomic E-state index is -1.10. The minimum absolute atomic E-state index is 0.00827. The third kappa shape index (κ3) is 4.88. The monoisotopic (exact) mass is 426 g/mol. The Balaban J connectivity index is 2.21. The highest BCUT2D eigenvalue weighted by Gasteiger charge is 2.37. The highest BCUT2D eigenvalue weighted by molar-refractivity contribution is 7.03. The lowest BCUT2D eigenvalue weighted by atomic mass is 9.99. The van der Waals surface area contributed by atoms with Gasteiger partial charge >= 0.3 is 0 Å². The normalized spacial score (nSPS) is 12.3. The number of carbonyl (C=O) groups is 2. The van der Waals surface area contributed by atoms with Crippen molar-refractivity contribution in [2.24, 2.45) is 0 Å². The van der Waals surface area contributed by atoms with Gasteiger partial charge in [0.2, 0.25) is 5.91 Å². The molecule has 0 saturated carbocycles. The van der Waals surface area contributed by atoms with Crippen molar-refractivity contribution in [2.45, 2.75) is 39.3 Å². The number of nitrogens with zero attached hydrogens (tertiary/aromatic N) is 3. The van der Waals surface area contributed by atoms with Crippen molar-refractivity contribution in [3.05, 3.63) is 76.5 Å². The van der Waals surface area contributed by atoms with Gasteiger partial charge in [0.15, 0.2) is 5.69 Å². The van der Waals surface area contributed by atoms with Gasteiger partial charge < -0.3 is 5.32 Å². The Morgan fingerprint density at radius 1 is 1.13 bits per heavy atom. The topological polar surface area (TPSA) is 75.2 Å². The smallest absolute Gasteiger partial charge is 0.280 e. The molecule has 8 heteroatoms. The van der Waals surface area contributed by atoms with Gasteiger partial charge in [0, 0.05) is 10.9 Å². The largest absolute Gasteiger partial charge is 0.349 e. The molecule has 3 rings (SSSR count). The number of nitrogens with one attached hydrogen (secondary N) is 1. The summed E-state index contributed by atoms with van der Waals surface area (Å²) in [7, 11) is 0. The number of para-hydroxylation sites is 1. The SMILES string of the molecule is Cc1cccc(C(C(=O)NC(C)(C)C)N(C(=O)c2csnn2)c2ccccc2F)c1. The molecule has 0 spiro atoms. The van der Waals surface area contributed by atoms with Crippen LogP contribution in [0.3, 0.4) is 0 Å². The molecule has 156 valence electrons. The van der Waals surface area contributed by atoms with Gasteiger partial charge in [-0.3, -0.25) is 14.5 Å². The first-order valence-electron chi connectivity index (χ1n) is 9.41. The fraction of sp³-hybridized carbons (Fsp3) is 0.273. The summed E-state index contributed by atoms with van der Waals surface area (Å²) < 4.78 is 18.6. The third-order valence-electron chi connectivity index (χ3n) is 4.27. The number of anilines is 1.